The van der Waals surface area contributed by atoms with Gasteiger partial charge in [-0.05, 0) is 49.7 Å². The highest BCUT2D eigenvalue weighted by molar-refractivity contribution is 5.88. The molecule has 0 spiro atoms. The summed E-state index contributed by atoms with van der Waals surface area (Å²) in [5.74, 6) is 1.42. The van der Waals surface area contributed by atoms with Crippen LogP contribution in [0.2, 0.25) is 0 Å². The van der Waals surface area contributed by atoms with E-state index in [9.17, 15) is 9.59 Å². The topological polar surface area (TPSA) is 58.6 Å². The minimum absolute atomic E-state index is 0.126. The molecule has 2 aliphatic rings. The SMILES string of the molecule is CC(C)(C)OC(=O)Nc1ccccc1CC(=O)N1C[C@@H]2[C@H](C1)C2(C)C. The number of fused-ring (bicyclic) bond motifs is 1. The summed E-state index contributed by atoms with van der Waals surface area (Å²) < 4.78 is 5.30. The van der Waals surface area contributed by atoms with E-state index in [1.807, 2.05) is 43.9 Å². The Balaban J connectivity index is 1.62. The number of nitrogens with zero attached hydrogens (tertiary/aromatic N) is 1. The highest BCUT2D eigenvalue weighted by Gasteiger charge is 2.62. The maximum Gasteiger partial charge on any atom is 0.412 e. The van der Waals surface area contributed by atoms with Crippen molar-refractivity contribution in [2.75, 3.05) is 18.4 Å². The molecule has 5 nitrogen and oxygen atoms in total. The van der Waals surface area contributed by atoms with Crippen LogP contribution in [0.4, 0.5) is 10.5 Å². The lowest BCUT2D eigenvalue weighted by Gasteiger charge is -2.23. The van der Waals surface area contributed by atoms with Gasteiger partial charge >= 0.3 is 6.09 Å². The number of ether oxygens (including phenoxy) is 1. The summed E-state index contributed by atoms with van der Waals surface area (Å²) in [6.45, 7) is 11.7. The zero-order chi connectivity index (χ0) is 18.4. The smallest absolute Gasteiger partial charge is 0.412 e. The first-order chi connectivity index (χ1) is 11.6. The second-order valence-corrected chi connectivity index (χ2v) is 8.79. The molecule has 1 aliphatic carbocycles. The minimum Gasteiger partial charge on any atom is -0.444 e. The zero-order valence-electron chi connectivity index (χ0n) is 15.8. The van der Waals surface area contributed by atoms with E-state index in [-0.39, 0.29) is 5.91 Å². The van der Waals surface area contributed by atoms with Crippen molar-refractivity contribution in [2.24, 2.45) is 17.3 Å². The number of anilines is 1. The number of likely N-dealkylation sites (tertiary alicyclic amines) is 1. The monoisotopic (exact) mass is 344 g/mol. The summed E-state index contributed by atoms with van der Waals surface area (Å²) in [6, 6.07) is 7.41. The second kappa shape index (κ2) is 6.04. The van der Waals surface area contributed by atoms with Crippen molar-refractivity contribution >= 4 is 17.7 Å². The highest BCUT2D eigenvalue weighted by atomic mass is 16.6. The molecule has 3 rings (SSSR count). The molecule has 1 aliphatic heterocycles. The molecule has 25 heavy (non-hydrogen) atoms. The molecule has 0 unspecified atom stereocenters. The van der Waals surface area contributed by atoms with Crippen molar-refractivity contribution in [2.45, 2.75) is 46.6 Å². The van der Waals surface area contributed by atoms with Gasteiger partial charge in [0.05, 0.1) is 6.42 Å². The van der Waals surface area contributed by atoms with Gasteiger partial charge in [0.25, 0.3) is 0 Å². The van der Waals surface area contributed by atoms with Crippen molar-refractivity contribution in [1.29, 1.82) is 0 Å². The number of hydrogen-bond acceptors (Lipinski definition) is 3. The quantitative estimate of drug-likeness (QED) is 0.910. The van der Waals surface area contributed by atoms with Crippen molar-refractivity contribution in [3.8, 4) is 0 Å². The molecule has 0 radical (unpaired) electrons. The summed E-state index contributed by atoms with van der Waals surface area (Å²) >= 11 is 0. The molecule has 136 valence electrons. The van der Waals surface area contributed by atoms with Crippen LogP contribution in [0.25, 0.3) is 0 Å². The van der Waals surface area contributed by atoms with Crippen LogP contribution >= 0.6 is 0 Å². The normalized spacial score (nSPS) is 23.8. The minimum atomic E-state index is -0.557. The Labute approximate surface area is 149 Å². The molecule has 1 saturated heterocycles. The third-order valence-electron chi connectivity index (χ3n) is 5.47. The van der Waals surface area contributed by atoms with Gasteiger partial charge < -0.3 is 9.64 Å². The molecule has 0 aromatic heterocycles. The van der Waals surface area contributed by atoms with Crippen LogP contribution in [0.5, 0.6) is 0 Å². The Morgan fingerprint density at radius 2 is 1.80 bits per heavy atom. The van der Waals surface area contributed by atoms with Crippen molar-refractivity contribution in [3.05, 3.63) is 29.8 Å². The largest absolute Gasteiger partial charge is 0.444 e. The molecular weight excluding hydrogens is 316 g/mol. The van der Waals surface area contributed by atoms with Crippen molar-refractivity contribution < 1.29 is 14.3 Å². The van der Waals surface area contributed by atoms with Gasteiger partial charge in [-0.1, -0.05) is 32.0 Å². The van der Waals surface area contributed by atoms with Gasteiger partial charge in [-0.3, -0.25) is 10.1 Å². The fraction of sp³-hybridized carbons (Fsp3) is 0.600. The van der Waals surface area contributed by atoms with E-state index >= 15 is 0 Å². The summed E-state index contributed by atoms with van der Waals surface area (Å²) in [7, 11) is 0. The number of para-hydroxylation sites is 1. The second-order valence-electron chi connectivity index (χ2n) is 8.79. The van der Waals surface area contributed by atoms with E-state index in [4.69, 9.17) is 4.74 Å². The van der Waals surface area contributed by atoms with Crippen LogP contribution in [-0.4, -0.2) is 35.6 Å². The first-order valence-electron chi connectivity index (χ1n) is 8.93. The maximum absolute atomic E-state index is 12.6. The number of carbonyl (C=O) groups excluding carboxylic acids is 2. The highest BCUT2D eigenvalue weighted by Crippen LogP contribution is 2.61. The van der Waals surface area contributed by atoms with Gasteiger partial charge in [0.1, 0.15) is 5.60 Å². The van der Waals surface area contributed by atoms with E-state index < -0.39 is 11.7 Å². The molecular formula is C20H28N2O3. The lowest BCUT2D eigenvalue weighted by atomic mass is 10.1. The number of rotatable bonds is 3. The summed E-state index contributed by atoms with van der Waals surface area (Å²) in [5.41, 5.74) is 1.29. The van der Waals surface area contributed by atoms with Crippen LogP contribution in [0.15, 0.2) is 24.3 Å². The fourth-order valence-electron chi connectivity index (χ4n) is 3.82. The third-order valence-corrected chi connectivity index (χ3v) is 5.47. The number of benzene rings is 1. The fourth-order valence-corrected chi connectivity index (χ4v) is 3.82. The van der Waals surface area contributed by atoms with Crippen molar-refractivity contribution in [3.63, 3.8) is 0 Å². The molecule has 2 fully saturated rings. The Bertz CT molecular complexity index is 676. The van der Waals surface area contributed by atoms with E-state index in [1.165, 1.54) is 0 Å². The van der Waals surface area contributed by atoms with Gasteiger partial charge in [0.2, 0.25) is 5.91 Å². The van der Waals surface area contributed by atoms with Gasteiger partial charge in [-0.2, -0.15) is 0 Å². The Morgan fingerprint density at radius 3 is 2.40 bits per heavy atom. The maximum atomic E-state index is 12.6. The molecule has 2 amide bonds. The van der Waals surface area contributed by atoms with Gasteiger partial charge in [-0.25, -0.2) is 4.79 Å². The molecule has 2 atom stereocenters. The van der Waals surface area contributed by atoms with Crippen LogP contribution < -0.4 is 5.32 Å². The van der Waals surface area contributed by atoms with E-state index in [2.05, 4.69) is 19.2 Å². The standard InChI is InChI=1S/C20H28N2O3/c1-19(2,3)25-18(24)21-16-9-7-6-8-13(16)10-17(23)22-11-14-15(12-22)20(14,4)5/h6-9,14-15H,10-12H2,1-5H3,(H,21,24)/t14-,15+. The molecule has 5 heteroatoms. The molecule has 1 aromatic carbocycles. The van der Waals surface area contributed by atoms with Crippen molar-refractivity contribution in [1.82, 2.24) is 4.90 Å². The number of hydrogen-bond donors (Lipinski definition) is 1. The number of carbonyl (C=O) groups is 2. The van der Waals surface area contributed by atoms with Crippen LogP contribution in [0.1, 0.15) is 40.2 Å². The predicted molar refractivity (Wildman–Crippen MR) is 97.3 cm³/mol. The van der Waals surface area contributed by atoms with Crippen LogP contribution in [0, 0.1) is 17.3 Å². The van der Waals surface area contributed by atoms with Crippen LogP contribution in [-0.2, 0) is 16.0 Å². The van der Waals surface area contributed by atoms with Gasteiger partial charge in [0.15, 0.2) is 0 Å². The third kappa shape index (κ3) is 3.80. The van der Waals surface area contributed by atoms with Gasteiger partial charge in [-0.15, -0.1) is 0 Å². The van der Waals surface area contributed by atoms with E-state index in [0.29, 0.717) is 29.4 Å². The first kappa shape index (κ1) is 17.8. The average molecular weight is 344 g/mol. The Morgan fingerprint density at radius 1 is 1.20 bits per heavy atom. The molecule has 1 aromatic rings. The molecule has 1 saturated carbocycles. The lowest BCUT2D eigenvalue weighted by molar-refractivity contribution is -0.130. The molecule has 1 heterocycles. The van der Waals surface area contributed by atoms with Gasteiger partial charge in [0, 0.05) is 18.8 Å². The summed E-state index contributed by atoms with van der Waals surface area (Å²) in [5, 5.41) is 2.76. The lowest BCUT2D eigenvalue weighted by Crippen LogP contribution is -2.34. The first-order valence-corrected chi connectivity index (χ1v) is 8.93. The Hall–Kier alpha value is -2.04. The van der Waals surface area contributed by atoms with E-state index in [1.54, 1.807) is 6.07 Å². The molecule has 0 bridgehead atoms. The average Bonchev–Trinajstić information content (AvgIpc) is 2.87. The zero-order valence-corrected chi connectivity index (χ0v) is 15.8. The number of amides is 2. The number of piperidine rings is 1. The Kier molecular flexibility index (Phi) is 4.30. The number of nitrogens with one attached hydrogen (secondary N) is 1. The summed E-state index contributed by atoms with van der Waals surface area (Å²) in [6.07, 6.45) is -0.206. The molecule has 1 N–H and O–H groups in total. The van der Waals surface area contributed by atoms with Crippen LogP contribution in [0.3, 0.4) is 0 Å². The van der Waals surface area contributed by atoms with E-state index in [0.717, 1.165) is 18.7 Å². The predicted octanol–water partition coefficient (Wildman–Crippen LogP) is 3.69. The summed E-state index contributed by atoms with van der Waals surface area (Å²) in [4.78, 5) is 26.6.